The lowest BCUT2D eigenvalue weighted by molar-refractivity contribution is 0.253. The molecule has 0 bridgehead atoms. The fraction of sp³-hybridized carbons (Fsp3) is 0.273. The van der Waals surface area contributed by atoms with E-state index in [0.29, 0.717) is 17.3 Å². The quantitative estimate of drug-likeness (QED) is 0.661. The van der Waals surface area contributed by atoms with Crippen molar-refractivity contribution < 1.29 is 8.78 Å². The Morgan fingerprint density at radius 3 is 1.89 bits per heavy atom. The molecular weight excluding hydrogens is 344 g/mol. The van der Waals surface area contributed by atoms with Gasteiger partial charge in [-0.15, -0.1) is 0 Å². The molecule has 4 rings (SSSR count). The summed E-state index contributed by atoms with van der Waals surface area (Å²) < 4.78 is 26.7. The molecule has 2 heterocycles. The van der Waals surface area contributed by atoms with E-state index in [1.165, 1.54) is 24.3 Å². The van der Waals surface area contributed by atoms with Crippen molar-refractivity contribution in [3.8, 4) is 22.5 Å². The Bertz CT molecular complexity index is 915. The minimum Gasteiger partial charge on any atom is -0.306 e. The molecule has 1 saturated heterocycles. The summed E-state index contributed by atoms with van der Waals surface area (Å²) >= 11 is 0. The van der Waals surface area contributed by atoms with E-state index >= 15 is 0 Å². The zero-order valence-electron chi connectivity index (χ0n) is 15.2. The van der Waals surface area contributed by atoms with Crippen LogP contribution in [0.5, 0.6) is 0 Å². The van der Waals surface area contributed by atoms with Crippen molar-refractivity contribution in [2.75, 3.05) is 20.1 Å². The number of aromatic nitrogens is 2. The molecule has 1 aliphatic rings. The van der Waals surface area contributed by atoms with Crippen LogP contribution in [0.3, 0.4) is 0 Å². The Morgan fingerprint density at radius 1 is 0.815 bits per heavy atom. The molecule has 2 aromatic carbocycles. The van der Waals surface area contributed by atoms with Crippen LogP contribution in [0.1, 0.15) is 24.5 Å². The molecule has 0 spiro atoms. The fourth-order valence-electron chi connectivity index (χ4n) is 3.53. The Labute approximate surface area is 157 Å². The third-order valence-corrected chi connectivity index (χ3v) is 5.16. The molecule has 0 atom stereocenters. The maximum Gasteiger partial charge on any atom is 0.123 e. The Balaban J connectivity index is 1.78. The van der Waals surface area contributed by atoms with Crippen LogP contribution < -0.4 is 0 Å². The van der Waals surface area contributed by atoms with Gasteiger partial charge in [-0.25, -0.2) is 13.8 Å². The lowest BCUT2D eigenvalue weighted by Crippen LogP contribution is -2.29. The second-order valence-electron chi connectivity index (χ2n) is 7.08. The van der Waals surface area contributed by atoms with E-state index in [1.54, 1.807) is 24.3 Å². The average Bonchev–Trinajstić information content (AvgIpc) is 2.69. The van der Waals surface area contributed by atoms with Gasteiger partial charge < -0.3 is 4.90 Å². The van der Waals surface area contributed by atoms with Gasteiger partial charge in [0, 0.05) is 23.2 Å². The first-order valence-electron chi connectivity index (χ1n) is 9.17. The van der Waals surface area contributed by atoms with Gasteiger partial charge in [0.15, 0.2) is 0 Å². The van der Waals surface area contributed by atoms with E-state index in [4.69, 9.17) is 4.98 Å². The van der Waals surface area contributed by atoms with Crippen LogP contribution >= 0.6 is 0 Å². The number of piperidine rings is 1. The highest BCUT2D eigenvalue weighted by Crippen LogP contribution is 2.33. The van der Waals surface area contributed by atoms with Gasteiger partial charge in [0.2, 0.25) is 0 Å². The van der Waals surface area contributed by atoms with Crippen LogP contribution in [0.2, 0.25) is 0 Å². The van der Waals surface area contributed by atoms with Crippen molar-refractivity contribution in [2.24, 2.45) is 0 Å². The lowest BCUT2D eigenvalue weighted by Gasteiger charge is -2.28. The van der Waals surface area contributed by atoms with E-state index in [2.05, 4.69) is 16.9 Å². The van der Waals surface area contributed by atoms with E-state index in [-0.39, 0.29) is 11.6 Å². The number of hydrogen-bond acceptors (Lipinski definition) is 3. The largest absolute Gasteiger partial charge is 0.306 e. The van der Waals surface area contributed by atoms with Crippen molar-refractivity contribution in [3.63, 3.8) is 0 Å². The second kappa shape index (κ2) is 7.53. The van der Waals surface area contributed by atoms with E-state index in [1.807, 2.05) is 6.20 Å². The van der Waals surface area contributed by atoms with Gasteiger partial charge in [-0.05, 0) is 81.5 Å². The molecule has 138 valence electrons. The summed E-state index contributed by atoms with van der Waals surface area (Å²) in [6.45, 7) is 2.08. The van der Waals surface area contributed by atoms with Gasteiger partial charge in [-0.1, -0.05) is 0 Å². The monoisotopic (exact) mass is 365 g/mol. The molecule has 3 nitrogen and oxygen atoms in total. The summed E-state index contributed by atoms with van der Waals surface area (Å²) in [5, 5.41) is 0. The molecule has 0 N–H and O–H groups in total. The van der Waals surface area contributed by atoms with Gasteiger partial charge >= 0.3 is 0 Å². The van der Waals surface area contributed by atoms with Crippen LogP contribution in [-0.2, 0) is 0 Å². The smallest absolute Gasteiger partial charge is 0.123 e. The van der Waals surface area contributed by atoms with E-state index < -0.39 is 0 Å². The van der Waals surface area contributed by atoms with Crippen LogP contribution in [0.15, 0.2) is 54.7 Å². The summed E-state index contributed by atoms with van der Waals surface area (Å²) in [6.07, 6.45) is 3.93. The van der Waals surface area contributed by atoms with Gasteiger partial charge in [-0.2, -0.15) is 0 Å². The minimum absolute atomic E-state index is 0.290. The second-order valence-corrected chi connectivity index (χ2v) is 7.08. The van der Waals surface area contributed by atoms with Crippen molar-refractivity contribution in [3.05, 3.63) is 72.1 Å². The average molecular weight is 365 g/mol. The van der Waals surface area contributed by atoms with E-state index in [0.717, 1.165) is 42.8 Å². The number of rotatable bonds is 3. The first kappa shape index (κ1) is 17.7. The topological polar surface area (TPSA) is 29.0 Å². The summed E-state index contributed by atoms with van der Waals surface area (Å²) in [7, 11) is 2.13. The molecule has 0 unspecified atom stereocenters. The molecular formula is C22H21F2N3. The van der Waals surface area contributed by atoms with Crippen molar-refractivity contribution in [1.29, 1.82) is 0 Å². The predicted molar refractivity (Wildman–Crippen MR) is 102 cm³/mol. The minimum atomic E-state index is -0.294. The van der Waals surface area contributed by atoms with Gasteiger partial charge in [-0.3, -0.25) is 4.98 Å². The molecule has 1 fully saturated rings. The third kappa shape index (κ3) is 3.88. The van der Waals surface area contributed by atoms with Gasteiger partial charge in [0.25, 0.3) is 0 Å². The Morgan fingerprint density at radius 2 is 1.33 bits per heavy atom. The lowest BCUT2D eigenvalue weighted by atomic mass is 9.93. The maximum absolute atomic E-state index is 13.4. The van der Waals surface area contributed by atoms with Gasteiger partial charge in [0.05, 0.1) is 17.1 Å². The van der Waals surface area contributed by atoms with Crippen LogP contribution in [0.25, 0.3) is 22.5 Å². The molecule has 0 aliphatic carbocycles. The molecule has 1 aromatic heterocycles. The summed E-state index contributed by atoms with van der Waals surface area (Å²) in [6, 6.07) is 12.5. The van der Waals surface area contributed by atoms with Crippen molar-refractivity contribution in [1.82, 2.24) is 14.9 Å². The Hall–Kier alpha value is -2.66. The molecule has 3 aromatic rings. The predicted octanol–water partition coefficient (Wildman–Crippen LogP) is 4.90. The molecule has 0 amide bonds. The highest BCUT2D eigenvalue weighted by atomic mass is 19.1. The van der Waals surface area contributed by atoms with Crippen LogP contribution in [0, 0.1) is 11.6 Å². The number of benzene rings is 2. The zero-order valence-corrected chi connectivity index (χ0v) is 15.2. The maximum atomic E-state index is 13.4. The molecule has 27 heavy (non-hydrogen) atoms. The zero-order chi connectivity index (χ0) is 18.8. The van der Waals surface area contributed by atoms with Crippen molar-refractivity contribution >= 4 is 0 Å². The molecule has 0 radical (unpaired) electrons. The summed E-state index contributed by atoms with van der Waals surface area (Å²) in [4.78, 5) is 11.9. The SMILES string of the molecule is CN1CCC(c2cnc(-c3ccc(F)cc3)c(-c3ccc(F)cc3)n2)CC1. The third-order valence-electron chi connectivity index (χ3n) is 5.16. The first-order chi connectivity index (χ1) is 13.1. The normalized spacial score (nSPS) is 15.8. The number of halogens is 2. The highest BCUT2D eigenvalue weighted by molar-refractivity contribution is 5.77. The highest BCUT2D eigenvalue weighted by Gasteiger charge is 2.22. The van der Waals surface area contributed by atoms with E-state index in [9.17, 15) is 8.78 Å². The van der Waals surface area contributed by atoms with Gasteiger partial charge in [0.1, 0.15) is 11.6 Å². The molecule has 5 heteroatoms. The molecule has 0 saturated carbocycles. The molecule has 1 aliphatic heterocycles. The van der Waals surface area contributed by atoms with Crippen molar-refractivity contribution in [2.45, 2.75) is 18.8 Å². The first-order valence-corrected chi connectivity index (χ1v) is 9.17. The standard InChI is InChI=1S/C22H21F2N3/c1-27-12-10-15(11-13-27)20-14-25-21(16-2-6-18(23)7-3-16)22(26-20)17-4-8-19(24)9-5-17/h2-9,14-15H,10-13H2,1H3. The fourth-order valence-corrected chi connectivity index (χ4v) is 3.53. The Kier molecular flexibility index (Phi) is 4.94. The summed E-state index contributed by atoms with van der Waals surface area (Å²) in [5.41, 5.74) is 3.95. The number of hydrogen-bond donors (Lipinski definition) is 0. The van der Waals surface area contributed by atoms with Crippen LogP contribution in [-0.4, -0.2) is 35.0 Å². The summed E-state index contributed by atoms with van der Waals surface area (Å²) in [5.74, 6) is -0.213. The van der Waals surface area contributed by atoms with Crippen LogP contribution in [0.4, 0.5) is 8.78 Å². The number of likely N-dealkylation sites (tertiary alicyclic amines) is 1. The number of nitrogens with zero attached hydrogens (tertiary/aromatic N) is 3.